The quantitative estimate of drug-likeness (QED) is 0.743. The number of nitrogens with zero attached hydrogens (tertiary/aromatic N) is 1. The lowest BCUT2D eigenvalue weighted by Gasteiger charge is -2.37. The molecule has 0 spiro atoms. The van der Waals surface area contributed by atoms with Gasteiger partial charge in [0, 0.05) is 19.2 Å². The van der Waals surface area contributed by atoms with Crippen molar-refractivity contribution in [2.75, 3.05) is 19.7 Å². The Morgan fingerprint density at radius 2 is 2.21 bits per heavy atom. The molecule has 3 nitrogen and oxygen atoms in total. The second kappa shape index (κ2) is 5.69. The summed E-state index contributed by atoms with van der Waals surface area (Å²) >= 11 is 0. The number of aliphatic hydroxyl groups is 1. The van der Waals surface area contributed by atoms with Crippen molar-refractivity contribution in [3.63, 3.8) is 0 Å². The highest BCUT2D eigenvalue weighted by atomic mass is 16.5. The van der Waals surface area contributed by atoms with Gasteiger partial charge < -0.3 is 9.84 Å². The van der Waals surface area contributed by atoms with Crippen molar-refractivity contribution in [2.45, 2.75) is 51.9 Å². The minimum absolute atomic E-state index is 0.248. The van der Waals surface area contributed by atoms with Gasteiger partial charge in [-0.3, -0.25) is 4.90 Å². The second-order valence-electron chi connectivity index (χ2n) is 4.20. The Labute approximate surface area is 87.1 Å². The molecule has 1 aliphatic rings. The Morgan fingerprint density at radius 1 is 1.50 bits per heavy atom. The van der Waals surface area contributed by atoms with Gasteiger partial charge >= 0.3 is 0 Å². The van der Waals surface area contributed by atoms with Crippen LogP contribution in [0, 0.1) is 0 Å². The lowest BCUT2D eigenvalue weighted by Crippen LogP contribution is -2.48. The van der Waals surface area contributed by atoms with E-state index in [9.17, 15) is 5.11 Å². The highest BCUT2D eigenvalue weighted by Crippen LogP contribution is 2.16. The van der Waals surface area contributed by atoms with Crippen molar-refractivity contribution >= 4 is 0 Å². The van der Waals surface area contributed by atoms with Gasteiger partial charge in [0.1, 0.15) is 0 Å². The van der Waals surface area contributed by atoms with E-state index in [-0.39, 0.29) is 12.1 Å². The molecule has 1 rings (SSSR count). The first-order valence-corrected chi connectivity index (χ1v) is 5.68. The Balaban J connectivity index is 2.39. The number of rotatable bonds is 4. The highest BCUT2D eigenvalue weighted by molar-refractivity contribution is 4.79. The Morgan fingerprint density at radius 3 is 2.79 bits per heavy atom. The molecule has 3 heteroatoms. The van der Waals surface area contributed by atoms with Crippen LogP contribution >= 0.6 is 0 Å². The summed E-state index contributed by atoms with van der Waals surface area (Å²) in [5.41, 5.74) is 0. The van der Waals surface area contributed by atoms with Crippen LogP contribution in [0.15, 0.2) is 0 Å². The third-order valence-electron chi connectivity index (χ3n) is 3.09. The molecule has 1 heterocycles. The molecule has 3 unspecified atom stereocenters. The second-order valence-corrected chi connectivity index (χ2v) is 4.20. The molecule has 0 bridgehead atoms. The smallest absolute Gasteiger partial charge is 0.0702 e. The average molecular weight is 201 g/mol. The third-order valence-corrected chi connectivity index (χ3v) is 3.09. The summed E-state index contributed by atoms with van der Waals surface area (Å²) < 4.78 is 5.62. The molecule has 0 radical (unpaired) electrons. The summed E-state index contributed by atoms with van der Waals surface area (Å²) in [6.07, 6.45) is 2.46. The van der Waals surface area contributed by atoms with Crippen molar-refractivity contribution in [1.29, 1.82) is 0 Å². The molecule has 14 heavy (non-hydrogen) atoms. The molecular formula is C11H23NO2. The van der Waals surface area contributed by atoms with E-state index in [1.165, 1.54) is 6.42 Å². The van der Waals surface area contributed by atoms with E-state index in [1.54, 1.807) is 0 Å². The van der Waals surface area contributed by atoms with Crippen molar-refractivity contribution in [1.82, 2.24) is 4.90 Å². The van der Waals surface area contributed by atoms with Gasteiger partial charge in [-0.15, -0.1) is 0 Å². The van der Waals surface area contributed by atoms with Gasteiger partial charge in [0.25, 0.3) is 0 Å². The first-order valence-electron chi connectivity index (χ1n) is 5.68. The van der Waals surface area contributed by atoms with E-state index in [4.69, 9.17) is 4.74 Å². The maximum atomic E-state index is 9.51. The van der Waals surface area contributed by atoms with Crippen LogP contribution in [-0.2, 0) is 4.74 Å². The van der Waals surface area contributed by atoms with E-state index in [0.29, 0.717) is 6.10 Å². The van der Waals surface area contributed by atoms with E-state index < -0.39 is 0 Å². The molecular weight excluding hydrogens is 178 g/mol. The SMILES string of the molecule is CCOC1CCCN(C(C)C(C)O)C1. The van der Waals surface area contributed by atoms with Gasteiger partial charge in [-0.05, 0) is 40.2 Å². The fraction of sp³-hybridized carbons (Fsp3) is 1.00. The predicted octanol–water partition coefficient (Wildman–Crippen LogP) is 1.26. The van der Waals surface area contributed by atoms with Crippen molar-refractivity contribution in [2.24, 2.45) is 0 Å². The number of likely N-dealkylation sites (tertiary alicyclic amines) is 1. The highest BCUT2D eigenvalue weighted by Gasteiger charge is 2.25. The number of hydrogen-bond acceptors (Lipinski definition) is 3. The minimum atomic E-state index is -0.254. The maximum Gasteiger partial charge on any atom is 0.0702 e. The van der Waals surface area contributed by atoms with E-state index >= 15 is 0 Å². The van der Waals surface area contributed by atoms with Crippen LogP contribution in [0.1, 0.15) is 33.6 Å². The normalized spacial score (nSPS) is 28.7. The van der Waals surface area contributed by atoms with Crippen molar-refractivity contribution in [3.8, 4) is 0 Å². The molecule has 1 fully saturated rings. The molecule has 1 saturated heterocycles. The summed E-state index contributed by atoms with van der Waals surface area (Å²) in [4.78, 5) is 2.33. The largest absolute Gasteiger partial charge is 0.392 e. The fourth-order valence-corrected chi connectivity index (χ4v) is 2.01. The zero-order chi connectivity index (χ0) is 10.6. The van der Waals surface area contributed by atoms with Crippen LogP contribution in [0.3, 0.4) is 0 Å². The van der Waals surface area contributed by atoms with Crippen LogP contribution < -0.4 is 0 Å². The first-order chi connectivity index (χ1) is 6.65. The molecule has 0 saturated carbocycles. The molecule has 0 aromatic heterocycles. The van der Waals surface area contributed by atoms with Gasteiger partial charge in [-0.25, -0.2) is 0 Å². The molecule has 0 aromatic rings. The number of hydrogen-bond donors (Lipinski definition) is 1. The van der Waals surface area contributed by atoms with E-state index in [1.807, 2.05) is 13.8 Å². The molecule has 0 amide bonds. The number of aliphatic hydroxyl groups excluding tert-OH is 1. The standard InChI is InChI=1S/C11H23NO2/c1-4-14-11-6-5-7-12(8-11)9(2)10(3)13/h9-11,13H,4-8H2,1-3H3. The molecule has 3 atom stereocenters. The summed E-state index contributed by atoms with van der Waals surface area (Å²) in [5, 5.41) is 9.51. The zero-order valence-electron chi connectivity index (χ0n) is 9.57. The van der Waals surface area contributed by atoms with Gasteiger partial charge in [0.05, 0.1) is 12.2 Å². The molecule has 0 aromatic carbocycles. The van der Waals surface area contributed by atoms with Gasteiger partial charge in [-0.2, -0.15) is 0 Å². The van der Waals surface area contributed by atoms with E-state index in [0.717, 1.165) is 26.1 Å². The molecule has 1 aliphatic heterocycles. The van der Waals surface area contributed by atoms with Gasteiger partial charge in [0.15, 0.2) is 0 Å². The van der Waals surface area contributed by atoms with Crippen LogP contribution in [0.5, 0.6) is 0 Å². The van der Waals surface area contributed by atoms with Crippen molar-refractivity contribution < 1.29 is 9.84 Å². The monoisotopic (exact) mass is 201 g/mol. The first kappa shape index (κ1) is 12.0. The fourth-order valence-electron chi connectivity index (χ4n) is 2.01. The van der Waals surface area contributed by atoms with Crippen molar-refractivity contribution in [3.05, 3.63) is 0 Å². The van der Waals surface area contributed by atoms with Crippen LogP contribution in [0.2, 0.25) is 0 Å². The number of piperidine rings is 1. The minimum Gasteiger partial charge on any atom is -0.392 e. The van der Waals surface area contributed by atoms with E-state index in [2.05, 4.69) is 11.8 Å². The average Bonchev–Trinajstić information content (AvgIpc) is 2.17. The number of ether oxygens (including phenoxy) is 1. The third kappa shape index (κ3) is 3.23. The summed E-state index contributed by atoms with van der Waals surface area (Å²) in [5.74, 6) is 0. The summed E-state index contributed by atoms with van der Waals surface area (Å²) in [6, 6.07) is 0.248. The van der Waals surface area contributed by atoms with Gasteiger partial charge in [0.2, 0.25) is 0 Å². The Kier molecular flexibility index (Phi) is 4.85. The molecule has 84 valence electrons. The summed E-state index contributed by atoms with van der Waals surface area (Å²) in [7, 11) is 0. The zero-order valence-corrected chi connectivity index (χ0v) is 9.57. The predicted molar refractivity (Wildman–Crippen MR) is 57.4 cm³/mol. The van der Waals surface area contributed by atoms with Crippen LogP contribution in [-0.4, -0.2) is 48.0 Å². The summed E-state index contributed by atoms with van der Waals surface area (Å²) in [6.45, 7) is 8.84. The molecule has 0 aliphatic carbocycles. The molecule has 1 N–H and O–H groups in total. The van der Waals surface area contributed by atoms with Crippen LogP contribution in [0.25, 0.3) is 0 Å². The Hall–Kier alpha value is -0.120. The van der Waals surface area contributed by atoms with Gasteiger partial charge in [-0.1, -0.05) is 0 Å². The topological polar surface area (TPSA) is 32.7 Å². The Bertz CT molecular complexity index is 159. The lowest BCUT2D eigenvalue weighted by atomic mass is 10.0. The maximum absolute atomic E-state index is 9.51. The lowest BCUT2D eigenvalue weighted by molar-refractivity contribution is -0.0249. The van der Waals surface area contributed by atoms with Crippen LogP contribution in [0.4, 0.5) is 0 Å².